The molecule has 0 aromatic heterocycles. The highest BCUT2D eigenvalue weighted by atomic mass is 16.5. The van der Waals surface area contributed by atoms with Crippen LogP contribution >= 0.6 is 0 Å². The van der Waals surface area contributed by atoms with E-state index in [9.17, 15) is 0 Å². The Morgan fingerprint density at radius 2 is 1.75 bits per heavy atom. The Kier molecular flexibility index (Phi) is 3.88. The summed E-state index contributed by atoms with van der Waals surface area (Å²) in [5.74, 6) is 2.61. The molecular formula is C17H25NO2. The Hall–Kier alpha value is -1.22. The molecule has 0 N–H and O–H groups in total. The molecule has 1 aromatic carbocycles. The lowest BCUT2D eigenvalue weighted by molar-refractivity contribution is 0.177. The van der Waals surface area contributed by atoms with Crippen molar-refractivity contribution in [1.82, 2.24) is 4.90 Å². The Labute approximate surface area is 121 Å². The zero-order chi connectivity index (χ0) is 14.1. The molecule has 2 aliphatic rings. The zero-order valence-corrected chi connectivity index (χ0v) is 12.8. The van der Waals surface area contributed by atoms with Crippen molar-refractivity contribution in [3.63, 3.8) is 0 Å². The maximum absolute atomic E-state index is 5.44. The summed E-state index contributed by atoms with van der Waals surface area (Å²) in [6.45, 7) is 4.62. The first kappa shape index (κ1) is 13.7. The van der Waals surface area contributed by atoms with Gasteiger partial charge in [0.15, 0.2) is 11.5 Å². The van der Waals surface area contributed by atoms with Gasteiger partial charge >= 0.3 is 0 Å². The predicted octanol–water partition coefficient (Wildman–Crippen LogP) is 3.25. The summed E-state index contributed by atoms with van der Waals surface area (Å²) in [6, 6.07) is 5.10. The molecule has 1 aliphatic heterocycles. The number of benzene rings is 1. The molecule has 1 fully saturated rings. The average Bonchev–Trinajstić information content (AvgIpc) is 2.91. The van der Waals surface area contributed by atoms with E-state index >= 15 is 0 Å². The second-order valence-electron chi connectivity index (χ2n) is 6.27. The fraction of sp³-hybridized carbons (Fsp3) is 0.647. The lowest BCUT2D eigenvalue weighted by Gasteiger charge is -2.34. The van der Waals surface area contributed by atoms with Gasteiger partial charge in [0.2, 0.25) is 0 Å². The van der Waals surface area contributed by atoms with E-state index in [1.807, 2.05) is 0 Å². The van der Waals surface area contributed by atoms with Gasteiger partial charge < -0.3 is 9.47 Å². The van der Waals surface area contributed by atoms with Gasteiger partial charge in [0.05, 0.1) is 14.2 Å². The maximum Gasteiger partial charge on any atom is 0.161 e. The number of ether oxygens (including phenoxy) is 2. The van der Waals surface area contributed by atoms with E-state index in [1.54, 1.807) is 14.2 Å². The minimum Gasteiger partial charge on any atom is -0.493 e. The largest absolute Gasteiger partial charge is 0.493 e. The van der Waals surface area contributed by atoms with Crippen LogP contribution in [0.25, 0.3) is 0 Å². The highest BCUT2D eigenvalue weighted by Crippen LogP contribution is 2.36. The lowest BCUT2D eigenvalue weighted by Crippen LogP contribution is -2.37. The average molecular weight is 275 g/mol. The molecule has 1 aliphatic carbocycles. The van der Waals surface area contributed by atoms with E-state index in [-0.39, 0.29) is 0 Å². The van der Waals surface area contributed by atoms with Gasteiger partial charge in [0, 0.05) is 19.1 Å². The molecule has 0 spiro atoms. The van der Waals surface area contributed by atoms with Crippen LogP contribution in [0.15, 0.2) is 12.1 Å². The summed E-state index contributed by atoms with van der Waals surface area (Å²) in [6.07, 6.45) is 5.24. The number of hydrogen-bond acceptors (Lipinski definition) is 3. The van der Waals surface area contributed by atoms with Crippen LogP contribution in [-0.4, -0.2) is 31.7 Å². The number of rotatable bonds is 3. The van der Waals surface area contributed by atoms with Crippen molar-refractivity contribution in [2.45, 2.75) is 45.2 Å². The fourth-order valence-electron chi connectivity index (χ4n) is 3.73. The summed E-state index contributed by atoms with van der Waals surface area (Å²) < 4.78 is 10.8. The lowest BCUT2D eigenvalue weighted by atomic mass is 9.97. The Morgan fingerprint density at radius 3 is 2.35 bits per heavy atom. The zero-order valence-electron chi connectivity index (χ0n) is 12.8. The molecule has 110 valence electrons. The molecule has 1 saturated carbocycles. The molecule has 3 nitrogen and oxygen atoms in total. The second-order valence-corrected chi connectivity index (χ2v) is 6.27. The third-order valence-corrected chi connectivity index (χ3v) is 4.93. The monoisotopic (exact) mass is 275 g/mol. The van der Waals surface area contributed by atoms with Gasteiger partial charge in [-0.2, -0.15) is 0 Å². The molecule has 20 heavy (non-hydrogen) atoms. The van der Waals surface area contributed by atoms with Crippen LogP contribution in [-0.2, 0) is 13.0 Å². The summed E-state index contributed by atoms with van der Waals surface area (Å²) in [7, 11) is 3.42. The van der Waals surface area contributed by atoms with E-state index in [2.05, 4.69) is 24.0 Å². The van der Waals surface area contributed by atoms with Gasteiger partial charge in [0.25, 0.3) is 0 Å². The minimum absolute atomic E-state index is 0.784. The van der Waals surface area contributed by atoms with E-state index in [0.29, 0.717) is 0 Å². The van der Waals surface area contributed by atoms with Crippen LogP contribution in [0.4, 0.5) is 0 Å². The highest BCUT2D eigenvalue weighted by molar-refractivity contribution is 5.48. The van der Waals surface area contributed by atoms with Gasteiger partial charge in [-0.15, -0.1) is 0 Å². The molecule has 0 amide bonds. The third-order valence-electron chi connectivity index (χ3n) is 4.93. The number of methoxy groups -OCH3 is 2. The van der Waals surface area contributed by atoms with E-state index in [0.717, 1.165) is 36.4 Å². The summed E-state index contributed by atoms with van der Waals surface area (Å²) >= 11 is 0. The van der Waals surface area contributed by atoms with Crippen LogP contribution in [0, 0.1) is 5.92 Å². The fourth-order valence-corrected chi connectivity index (χ4v) is 3.73. The Morgan fingerprint density at radius 1 is 1.05 bits per heavy atom. The number of hydrogen-bond donors (Lipinski definition) is 0. The van der Waals surface area contributed by atoms with Crippen molar-refractivity contribution >= 4 is 0 Å². The summed E-state index contributed by atoms with van der Waals surface area (Å²) in [5, 5.41) is 0. The van der Waals surface area contributed by atoms with Crippen LogP contribution in [0.5, 0.6) is 11.5 Å². The molecule has 1 aromatic rings. The molecule has 0 radical (unpaired) electrons. The normalized spacial score (nSPS) is 26.4. The van der Waals surface area contributed by atoms with Crippen molar-refractivity contribution in [2.24, 2.45) is 5.92 Å². The Bertz CT molecular complexity index is 486. The molecule has 0 unspecified atom stereocenters. The summed E-state index contributed by atoms with van der Waals surface area (Å²) in [5.41, 5.74) is 2.83. The van der Waals surface area contributed by atoms with E-state index in [1.165, 1.54) is 36.9 Å². The first-order valence-corrected chi connectivity index (χ1v) is 7.69. The predicted molar refractivity (Wildman–Crippen MR) is 80.5 cm³/mol. The van der Waals surface area contributed by atoms with Gasteiger partial charge in [-0.05, 0) is 54.9 Å². The van der Waals surface area contributed by atoms with Gasteiger partial charge in [-0.1, -0.05) is 6.92 Å². The van der Waals surface area contributed by atoms with E-state index in [4.69, 9.17) is 9.47 Å². The van der Waals surface area contributed by atoms with Crippen LogP contribution < -0.4 is 9.47 Å². The smallest absolute Gasteiger partial charge is 0.161 e. The topological polar surface area (TPSA) is 21.7 Å². The summed E-state index contributed by atoms with van der Waals surface area (Å²) in [4.78, 5) is 2.66. The molecule has 2 atom stereocenters. The minimum atomic E-state index is 0.784. The first-order valence-electron chi connectivity index (χ1n) is 7.69. The first-order chi connectivity index (χ1) is 9.71. The second kappa shape index (κ2) is 5.65. The van der Waals surface area contributed by atoms with Gasteiger partial charge in [0.1, 0.15) is 0 Å². The molecule has 1 heterocycles. The van der Waals surface area contributed by atoms with Crippen molar-refractivity contribution in [3.8, 4) is 11.5 Å². The number of fused-ring (bicyclic) bond motifs is 1. The maximum atomic E-state index is 5.44. The molecular weight excluding hydrogens is 250 g/mol. The Balaban J connectivity index is 1.80. The molecule has 3 rings (SSSR count). The molecule has 3 heteroatoms. The van der Waals surface area contributed by atoms with Gasteiger partial charge in [-0.25, -0.2) is 0 Å². The van der Waals surface area contributed by atoms with Crippen LogP contribution in [0.2, 0.25) is 0 Å². The quantitative estimate of drug-likeness (QED) is 0.845. The van der Waals surface area contributed by atoms with Crippen molar-refractivity contribution in [3.05, 3.63) is 23.3 Å². The van der Waals surface area contributed by atoms with Crippen molar-refractivity contribution in [2.75, 3.05) is 20.8 Å². The van der Waals surface area contributed by atoms with Crippen LogP contribution in [0.3, 0.4) is 0 Å². The van der Waals surface area contributed by atoms with E-state index < -0.39 is 0 Å². The SMILES string of the molecule is COc1cc2c(cc1OC)CN([C@H]1CC[C@@H](C)C1)CC2. The van der Waals surface area contributed by atoms with Crippen molar-refractivity contribution in [1.29, 1.82) is 0 Å². The highest BCUT2D eigenvalue weighted by Gasteiger charge is 2.29. The molecule has 0 saturated heterocycles. The van der Waals surface area contributed by atoms with Gasteiger partial charge in [-0.3, -0.25) is 4.90 Å². The van der Waals surface area contributed by atoms with Crippen LogP contribution in [0.1, 0.15) is 37.3 Å². The standard InChI is InChI=1S/C17H25NO2/c1-12-4-5-15(8-12)18-7-6-13-9-16(19-2)17(20-3)10-14(13)11-18/h9-10,12,15H,4-8,11H2,1-3H3/t12-,15+/m1/s1. The van der Waals surface area contributed by atoms with Crippen molar-refractivity contribution < 1.29 is 9.47 Å². The third kappa shape index (κ3) is 2.51. The number of nitrogens with zero attached hydrogens (tertiary/aromatic N) is 1. The molecule has 0 bridgehead atoms.